The lowest BCUT2D eigenvalue weighted by molar-refractivity contribution is -0.139. The predicted molar refractivity (Wildman–Crippen MR) is 76.8 cm³/mol. The number of carbonyl (C=O) groups is 1. The molecule has 1 saturated heterocycles. The van der Waals surface area contributed by atoms with Gasteiger partial charge in [0.1, 0.15) is 6.04 Å². The monoisotopic (exact) mass is 262 g/mol. The summed E-state index contributed by atoms with van der Waals surface area (Å²) in [5.41, 5.74) is 2.48. The minimum absolute atomic E-state index is 0.0557. The first kappa shape index (κ1) is 13.9. The van der Waals surface area contributed by atoms with Gasteiger partial charge in [-0.05, 0) is 17.0 Å². The molecule has 1 fully saturated rings. The van der Waals surface area contributed by atoms with E-state index < -0.39 is 12.0 Å². The van der Waals surface area contributed by atoms with Crippen LogP contribution in [0, 0.1) is 0 Å². The Morgan fingerprint density at radius 2 is 2.05 bits per heavy atom. The zero-order chi connectivity index (χ0) is 14.0. The van der Waals surface area contributed by atoms with Crippen LogP contribution in [0.5, 0.6) is 0 Å². The molecule has 1 aliphatic heterocycles. The highest BCUT2D eigenvalue weighted by atomic mass is 16.4. The molecule has 0 amide bonds. The van der Waals surface area contributed by atoms with Crippen molar-refractivity contribution in [2.45, 2.75) is 32.2 Å². The van der Waals surface area contributed by atoms with E-state index in [0.29, 0.717) is 13.1 Å². The molecule has 1 aromatic carbocycles. The molecule has 0 aromatic heterocycles. The number of benzene rings is 1. The summed E-state index contributed by atoms with van der Waals surface area (Å²) in [6, 6.07) is 7.79. The molecule has 0 radical (unpaired) electrons. The van der Waals surface area contributed by atoms with Crippen LogP contribution in [0.3, 0.4) is 0 Å². The van der Waals surface area contributed by atoms with E-state index in [1.807, 2.05) is 12.1 Å². The van der Waals surface area contributed by atoms with Gasteiger partial charge < -0.3 is 15.3 Å². The summed E-state index contributed by atoms with van der Waals surface area (Å²) in [5, 5.41) is 12.2. The first-order valence-corrected chi connectivity index (χ1v) is 6.70. The summed E-state index contributed by atoms with van der Waals surface area (Å²) >= 11 is 0. The fourth-order valence-electron chi connectivity index (χ4n) is 2.52. The second-order valence-corrected chi connectivity index (χ2v) is 6.06. The Labute approximate surface area is 114 Å². The summed E-state index contributed by atoms with van der Waals surface area (Å²) in [6.45, 7) is 8.61. The lowest BCUT2D eigenvalue weighted by Gasteiger charge is -2.36. The minimum Gasteiger partial charge on any atom is -0.480 e. The van der Waals surface area contributed by atoms with E-state index in [9.17, 15) is 4.79 Å². The molecule has 1 heterocycles. The molecule has 1 unspecified atom stereocenters. The molecule has 104 valence electrons. The number of piperazine rings is 1. The normalized spacial score (nSPS) is 20.4. The van der Waals surface area contributed by atoms with Crippen LogP contribution >= 0.6 is 0 Å². The maximum Gasteiger partial charge on any atom is 0.322 e. The van der Waals surface area contributed by atoms with Crippen LogP contribution in [-0.2, 0) is 10.2 Å². The van der Waals surface area contributed by atoms with E-state index in [1.54, 1.807) is 0 Å². The van der Waals surface area contributed by atoms with Gasteiger partial charge in [0.25, 0.3) is 0 Å². The van der Waals surface area contributed by atoms with Crippen LogP contribution in [0.4, 0.5) is 5.69 Å². The van der Waals surface area contributed by atoms with Gasteiger partial charge in [-0.15, -0.1) is 0 Å². The number of nitrogens with zero attached hydrogens (tertiary/aromatic N) is 1. The van der Waals surface area contributed by atoms with Gasteiger partial charge in [-0.1, -0.05) is 39.0 Å². The van der Waals surface area contributed by atoms with E-state index in [0.717, 1.165) is 12.2 Å². The van der Waals surface area contributed by atoms with E-state index in [1.165, 1.54) is 5.56 Å². The Kier molecular flexibility index (Phi) is 3.80. The number of anilines is 1. The van der Waals surface area contributed by atoms with E-state index in [4.69, 9.17) is 5.11 Å². The number of carboxylic acids is 1. The number of carboxylic acid groups (broad SMARTS) is 1. The fraction of sp³-hybridized carbons (Fsp3) is 0.533. The maximum atomic E-state index is 11.1. The quantitative estimate of drug-likeness (QED) is 0.854. The van der Waals surface area contributed by atoms with Crippen molar-refractivity contribution < 1.29 is 9.90 Å². The van der Waals surface area contributed by atoms with Crippen LogP contribution < -0.4 is 10.2 Å². The van der Waals surface area contributed by atoms with Gasteiger partial charge in [0, 0.05) is 25.3 Å². The highest BCUT2D eigenvalue weighted by Gasteiger charge is 2.28. The van der Waals surface area contributed by atoms with Crippen LogP contribution in [0.2, 0.25) is 0 Å². The number of hydrogen-bond acceptors (Lipinski definition) is 3. The molecule has 0 aliphatic carbocycles. The van der Waals surface area contributed by atoms with Crippen molar-refractivity contribution in [3.63, 3.8) is 0 Å². The second-order valence-electron chi connectivity index (χ2n) is 6.06. The average molecular weight is 262 g/mol. The summed E-state index contributed by atoms with van der Waals surface area (Å²) in [5.74, 6) is -0.780. The summed E-state index contributed by atoms with van der Waals surface area (Å²) in [7, 11) is 0. The standard InChI is InChI=1S/C15H22N2O2/c1-15(2,3)11-6-4-5-7-13(11)17-9-8-16-12(10-17)14(18)19/h4-7,12,16H,8-10H2,1-3H3,(H,18,19). The Bertz CT molecular complexity index is 465. The van der Waals surface area contributed by atoms with Gasteiger partial charge in [0.15, 0.2) is 0 Å². The van der Waals surface area contributed by atoms with E-state index in [2.05, 4.69) is 43.1 Å². The lowest BCUT2D eigenvalue weighted by atomic mass is 9.85. The van der Waals surface area contributed by atoms with Gasteiger partial charge >= 0.3 is 5.97 Å². The Balaban J connectivity index is 2.29. The van der Waals surface area contributed by atoms with Gasteiger partial charge in [0.05, 0.1) is 0 Å². The smallest absolute Gasteiger partial charge is 0.322 e. The Hall–Kier alpha value is -1.55. The lowest BCUT2D eigenvalue weighted by Crippen LogP contribution is -2.54. The van der Waals surface area contributed by atoms with Crippen molar-refractivity contribution in [2.24, 2.45) is 0 Å². The highest BCUT2D eigenvalue weighted by molar-refractivity contribution is 5.75. The molecule has 19 heavy (non-hydrogen) atoms. The molecular formula is C15H22N2O2. The van der Waals surface area contributed by atoms with Crippen molar-refractivity contribution in [1.82, 2.24) is 5.32 Å². The molecule has 0 saturated carbocycles. The molecule has 0 spiro atoms. The molecular weight excluding hydrogens is 240 g/mol. The molecule has 0 bridgehead atoms. The first-order valence-electron chi connectivity index (χ1n) is 6.70. The van der Waals surface area contributed by atoms with Gasteiger partial charge in [0.2, 0.25) is 0 Å². The van der Waals surface area contributed by atoms with Crippen molar-refractivity contribution in [2.75, 3.05) is 24.5 Å². The second kappa shape index (κ2) is 5.21. The highest BCUT2D eigenvalue weighted by Crippen LogP contribution is 2.32. The number of hydrogen-bond donors (Lipinski definition) is 2. The molecule has 2 rings (SSSR count). The number of aliphatic carboxylic acids is 1. The van der Waals surface area contributed by atoms with E-state index >= 15 is 0 Å². The molecule has 4 heteroatoms. The summed E-state index contributed by atoms with van der Waals surface area (Å²) in [6.07, 6.45) is 0. The topological polar surface area (TPSA) is 52.6 Å². The van der Waals surface area contributed by atoms with Crippen molar-refractivity contribution in [3.05, 3.63) is 29.8 Å². The Morgan fingerprint density at radius 1 is 1.37 bits per heavy atom. The largest absolute Gasteiger partial charge is 0.480 e. The maximum absolute atomic E-state index is 11.1. The predicted octanol–water partition coefficient (Wildman–Crippen LogP) is 1.85. The zero-order valence-corrected chi connectivity index (χ0v) is 11.8. The molecule has 2 N–H and O–H groups in total. The average Bonchev–Trinajstić information content (AvgIpc) is 2.38. The van der Waals surface area contributed by atoms with Crippen LogP contribution in [0.25, 0.3) is 0 Å². The van der Waals surface area contributed by atoms with E-state index in [-0.39, 0.29) is 5.41 Å². The SMILES string of the molecule is CC(C)(C)c1ccccc1N1CCNC(C(=O)O)C1. The first-order chi connectivity index (χ1) is 8.89. The van der Waals surface area contributed by atoms with Crippen LogP contribution in [0.15, 0.2) is 24.3 Å². The van der Waals surface area contributed by atoms with Gasteiger partial charge in [-0.25, -0.2) is 0 Å². The third kappa shape index (κ3) is 3.07. The summed E-state index contributed by atoms with van der Waals surface area (Å²) in [4.78, 5) is 13.3. The number of nitrogens with one attached hydrogen (secondary N) is 1. The van der Waals surface area contributed by atoms with Crippen molar-refractivity contribution in [3.8, 4) is 0 Å². The number of para-hydroxylation sites is 1. The van der Waals surface area contributed by atoms with Crippen molar-refractivity contribution in [1.29, 1.82) is 0 Å². The number of rotatable bonds is 2. The molecule has 1 aliphatic rings. The minimum atomic E-state index is -0.780. The van der Waals surface area contributed by atoms with Crippen LogP contribution in [0.1, 0.15) is 26.3 Å². The van der Waals surface area contributed by atoms with Crippen molar-refractivity contribution >= 4 is 11.7 Å². The van der Waals surface area contributed by atoms with Crippen LogP contribution in [-0.4, -0.2) is 36.8 Å². The third-order valence-electron chi connectivity index (χ3n) is 3.53. The zero-order valence-electron chi connectivity index (χ0n) is 11.8. The third-order valence-corrected chi connectivity index (χ3v) is 3.53. The Morgan fingerprint density at radius 3 is 2.68 bits per heavy atom. The van der Waals surface area contributed by atoms with Gasteiger partial charge in [-0.2, -0.15) is 0 Å². The van der Waals surface area contributed by atoms with Gasteiger partial charge in [-0.3, -0.25) is 4.79 Å². The molecule has 4 nitrogen and oxygen atoms in total. The summed E-state index contributed by atoms with van der Waals surface area (Å²) < 4.78 is 0. The fourth-order valence-corrected chi connectivity index (χ4v) is 2.52. The molecule has 1 atom stereocenters. The molecule has 1 aromatic rings.